The van der Waals surface area contributed by atoms with Crippen LogP contribution in [0.3, 0.4) is 0 Å². The SMILES string of the molecule is CC(C)C1CCCCC1n1c(=S)[nH]c2cc(Br)cnc21. The number of hydrogen-bond acceptors (Lipinski definition) is 2. The summed E-state index contributed by atoms with van der Waals surface area (Å²) in [6.45, 7) is 4.65. The highest BCUT2D eigenvalue weighted by Gasteiger charge is 2.30. The van der Waals surface area contributed by atoms with Crippen molar-refractivity contribution in [3.8, 4) is 0 Å². The van der Waals surface area contributed by atoms with E-state index in [0.29, 0.717) is 17.9 Å². The third-order valence-electron chi connectivity index (χ3n) is 4.49. The first-order valence-electron chi connectivity index (χ1n) is 7.33. The lowest BCUT2D eigenvalue weighted by molar-refractivity contribution is 0.186. The van der Waals surface area contributed by atoms with E-state index in [2.05, 4.69) is 50.4 Å². The van der Waals surface area contributed by atoms with Crippen molar-refractivity contribution in [1.29, 1.82) is 0 Å². The highest BCUT2D eigenvalue weighted by atomic mass is 79.9. The number of imidazole rings is 1. The van der Waals surface area contributed by atoms with Crippen LogP contribution in [-0.2, 0) is 0 Å². The van der Waals surface area contributed by atoms with Crippen LogP contribution in [0.1, 0.15) is 45.6 Å². The molecule has 0 amide bonds. The molecule has 1 fully saturated rings. The molecule has 2 heterocycles. The summed E-state index contributed by atoms with van der Waals surface area (Å²) >= 11 is 9.04. The number of hydrogen-bond donors (Lipinski definition) is 1. The fourth-order valence-corrected chi connectivity index (χ4v) is 4.20. The van der Waals surface area contributed by atoms with Gasteiger partial charge < -0.3 is 4.98 Å². The molecule has 0 aromatic carbocycles. The van der Waals surface area contributed by atoms with Crippen molar-refractivity contribution >= 4 is 39.3 Å². The molecule has 0 bridgehead atoms. The second-order valence-corrected chi connectivity index (χ2v) is 7.39. The molecule has 2 unspecified atom stereocenters. The molecule has 3 rings (SSSR count). The second-order valence-electron chi connectivity index (χ2n) is 6.08. The zero-order chi connectivity index (χ0) is 14.3. The number of pyridine rings is 1. The first-order valence-corrected chi connectivity index (χ1v) is 8.54. The van der Waals surface area contributed by atoms with Gasteiger partial charge in [0, 0.05) is 16.7 Å². The topological polar surface area (TPSA) is 33.6 Å². The maximum Gasteiger partial charge on any atom is 0.179 e. The number of halogens is 1. The molecule has 20 heavy (non-hydrogen) atoms. The molecule has 5 heteroatoms. The van der Waals surface area contributed by atoms with Gasteiger partial charge in [0.1, 0.15) is 0 Å². The Kier molecular flexibility index (Phi) is 4.00. The number of aromatic amines is 1. The zero-order valence-corrected chi connectivity index (χ0v) is 14.3. The van der Waals surface area contributed by atoms with Crippen LogP contribution < -0.4 is 0 Å². The largest absolute Gasteiger partial charge is 0.329 e. The molecule has 1 saturated carbocycles. The number of H-pyrrole nitrogens is 1. The molecule has 3 nitrogen and oxygen atoms in total. The van der Waals surface area contributed by atoms with Crippen LogP contribution in [0.4, 0.5) is 0 Å². The van der Waals surface area contributed by atoms with Gasteiger partial charge in [0.05, 0.1) is 5.52 Å². The maximum atomic E-state index is 5.57. The summed E-state index contributed by atoms with van der Waals surface area (Å²) in [5.74, 6) is 1.38. The van der Waals surface area contributed by atoms with Crippen LogP contribution in [0, 0.1) is 16.6 Å². The summed E-state index contributed by atoms with van der Waals surface area (Å²) in [6.07, 6.45) is 7.00. The van der Waals surface area contributed by atoms with Crippen molar-refractivity contribution in [2.24, 2.45) is 11.8 Å². The molecule has 0 spiro atoms. The number of rotatable bonds is 2. The van der Waals surface area contributed by atoms with Gasteiger partial charge in [0.25, 0.3) is 0 Å². The maximum absolute atomic E-state index is 5.57. The quantitative estimate of drug-likeness (QED) is 0.748. The van der Waals surface area contributed by atoms with E-state index in [1.54, 1.807) is 0 Å². The molecule has 1 aliphatic carbocycles. The normalized spacial score (nSPS) is 23.6. The fourth-order valence-electron chi connectivity index (χ4n) is 3.53. The van der Waals surface area contributed by atoms with Gasteiger partial charge in [-0.2, -0.15) is 0 Å². The van der Waals surface area contributed by atoms with Crippen molar-refractivity contribution in [3.63, 3.8) is 0 Å². The molecule has 0 aliphatic heterocycles. The van der Waals surface area contributed by atoms with Crippen molar-refractivity contribution in [1.82, 2.24) is 14.5 Å². The Labute approximate surface area is 132 Å². The van der Waals surface area contributed by atoms with Gasteiger partial charge in [-0.1, -0.05) is 26.7 Å². The summed E-state index contributed by atoms with van der Waals surface area (Å²) in [5, 5.41) is 0. The number of nitrogens with one attached hydrogen (secondary N) is 1. The van der Waals surface area contributed by atoms with E-state index in [-0.39, 0.29) is 0 Å². The van der Waals surface area contributed by atoms with Crippen LogP contribution in [-0.4, -0.2) is 14.5 Å². The minimum Gasteiger partial charge on any atom is -0.329 e. The summed E-state index contributed by atoms with van der Waals surface area (Å²) in [4.78, 5) is 7.90. The van der Waals surface area contributed by atoms with Crippen molar-refractivity contribution < 1.29 is 0 Å². The van der Waals surface area contributed by atoms with E-state index >= 15 is 0 Å². The van der Waals surface area contributed by atoms with Crippen molar-refractivity contribution in [2.45, 2.75) is 45.6 Å². The molecule has 108 valence electrons. The summed E-state index contributed by atoms with van der Waals surface area (Å²) in [5.41, 5.74) is 2.02. The summed E-state index contributed by atoms with van der Waals surface area (Å²) in [6, 6.07) is 2.54. The lowest BCUT2D eigenvalue weighted by Crippen LogP contribution is -2.27. The smallest absolute Gasteiger partial charge is 0.179 e. The summed E-state index contributed by atoms with van der Waals surface area (Å²) in [7, 11) is 0. The van der Waals surface area contributed by atoms with Gasteiger partial charge in [-0.3, -0.25) is 4.57 Å². The van der Waals surface area contributed by atoms with Crippen LogP contribution in [0.15, 0.2) is 16.7 Å². The third-order valence-corrected chi connectivity index (χ3v) is 5.22. The number of fused-ring (bicyclic) bond motifs is 1. The molecule has 2 atom stereocenters. The van der Waals surface area contributed by atoms with Crippen molar-refractivity contribution in [2.75, 3.05) is 0 Å². The highest BCUT2D eigenvalue weighted by molar-refractivity contribution is 9.10. The fraction of sp³-hybridized carbons (Fsp3) is 0.600. The van der Waals surface area contributed by atoms with Gasteiger partial charge in [0.15, 0.2) is 10.4 Å². The Hall–Kier alpha value is -0.680. The van der Waals surface area contributed by atoms with E-state index in [1.165, 1.54) is 25.7 Å². The molecule has 0 saturated heterocycles. The van der Waals surface area contributed by atoms with Crippen LogP contribution >= 0.6 is 28.1 Å². The van der Waals surface area contributed by atoms with Crippen LogP contribution in [0.5, 0.6) is 0 Å². The monoisotopic (exact) mass is 353 g/mol. The molecular formula is C15H20BrN3S. The molecule has 2 aromatic heterocycles. The first kappa shape index (κ1) is 14.3. The van der Waals surface area contributed by atoms with Gasteiger partial charge in [0.2, 0.25) is 0 Å². The predicted octanol–water partition coefficient (Wildman–Crippen LogP) is 5.24. The predicted molar refractivity (Wildman–Crippen MR) is 88.5 cm³/mol. The lowest BCUT2D eigenvalue weighted by Gasteiger charge is -2.35. The minimum absolute atomic E-state index is 0.485. The molecule has 0 radical (unpaired) electrons. The van der Waals surface area contributed by atoms with Gasteiger partial charge in [-0.05, 0) is 58.9 Å². The Bertz CT molecular complexity index is 673. The van der Waals surface area contributed by atoms with E-state index in [1.807, 2.05) is 6.20 Å². The van der Waals surface area contributed by atoms with Crippen LogP contribution in [0.2, 0.25) is 0 Å². The Morgan fingerprint density at radius 3 is 2.90 bits per heavy atom. The van der Waals surface area contributed by atoms with Crippen molar-refractivity contribution in [3.05, 3.63) is 21.5 Å². The lowest BCUT2D eigenvalue weighted by atomic mass is 9.77. The van der Waals surface area contributed by atoms with Crippen LogP contribution in [0.25, 0.3) is 11.2 Å². The second kappa shape index (κ2) is 5.60. The standard InChI is InChI=1S/C15H20BrN3S/c1-9(2)11-5-3-4-6-13(11)19-14-12(18-15(19)20)7-10(16)8-17-14/h7-9,11,13H,3-6H2,1-2H3,(H,18,20). The average molecular weight is 354 g/mol. The zero-order valence-electron chi connectivity index (χ0n) is 11.9. The molecule has 1 N–H and O–H groups in total. The van der Waals surface area contributed by atoms with E-state index in [4.69, 9.17) is 12.2 Å². The average Bonchev–Trinajstić information content (AvgIpc) is 2.73. The molecule has 2 aromatic rings. The third kappa shape index (κ3) is 2.46. The molecule has 1 aliphatic rings. The highest BCUT2D eigenvalue weighted by Crippen LogP contribution is 2.39. The number of aromatic nitrogens is 3. The Morgan fingerprint density at radius 2 is 2.15 bits per heavy atom. The van der Waals surface area contributed by atoms with E-state index in [0.717, 1.165) is 20.4 Å². The first-order chi connectivity index (χ1) is 9.58. The molecular weight excluding hydrogens is 334 g/mol. The summed E-state index contributed by atoms with van der Waals surface area (Å²) < 4.78 is 4.06. The van der Waals surface area contributed by atoms with Gasteiger partial charge >= 0.3 is 0 Å². The number of nitrogens with zero attached hydrogens (tertiary/aromatic N) is 2. The Balaban J connectivity index is 2.12. The van der Waals surface area contributed by atoms with E-state index < -0.39 is 0 Å². The van der Waals surface area contributed by atoms with E-state index in [9.17, 15) is 0 Å². The Morgan fingerprint density at radius 1 is 1.40 bits per heavy atom. The van der Waals surface area contributed by atoms with Gasteiger partial charge in [-0.15, -0.1) is 0 Å². The van der Waals surface area contributed by atoms with Gasteiger partial charge in [-0.25, -0.2) is 4.98 Å². The minimum atomic E-state index is 0.485.